The van der Waals surface area contributed by atoms with E-state index in [1.165, 1.54) is 0 Å². The Bertz CT molecular complexity index is 1570. The van der Waals surface area contributed by atoms with E-state index in [-0.39, 0.29) is 11.8 Å². The third kappa shape index (κ3) is 5.68. The highest BCUT2D eigenvalue weighted by Crippen LogP contribution is 2.46. The van der Waals surface area contributed by atoms with Crippen molar-refractivity contribution in [2.45, 2.75) is 50.2 Å². The zero-order valence-electron chi connectivity index (χ0n) is 24.5. The van der Waals surface area contributed by atoms with E-state index in [1.807, 2.05) is 66.7 Å². The summed E-state index contributed by atoms with van der Waals surface area (Å²) in [6.45, 7) is 0.600. The average Bonchev–Trinajstić information content (AvgIpc) is 3.55. The molecule has 3 aromatic rings. The van der Waals surface area contributed by atoms with Gasteiger partial charge >= 0.3 is 5.97 Å². The van der Waals surface area contributed by atoms with Gasteiger partial charge in [-0.05, 0) is 50.7 Å². The van der Waals surface area contributed by atoms with E-state index in [4.69, 9.17) is 14.5 Å². The molecule has 5 atom stereocenters. The number of hydrogen-bond donors (Lipinski definition) is 2. The summed E-state index contributed by atoms with van der Waals surface area (Å²) in [4.78, 5) is 46.3. The van der Waals surface area contributed by atoms with Crippen molar-refractivity contribution in [2.75, 3.05) is 20.7 Å². The quantitative estimate of drug-likeness (QED) is 0.413. The molecule has 0 unspecified atom stereocenters. The van der Waals surface area contributed by atoms with Crippen molar-refractivity contribution in [3.8, 4) is 22.8 Å². The summed E-state index contributed by atoms with van der Waals surface area (Å²) in [6, 6.07) is 17.3. The van der Waals surface area contributed by atoms with Crippen LogP contribution in [0.1, 0.15) is 38.5 Å². The zero-order valence-corrected chi connectivity index (χ0v) is 24.5. The minimum Gasteiger partial charge on any atom is -0.497 e. The first-order chi connectivity index (χ1) is 20.8. The fraction of sp³-hybridized carbons (Fsp3) is 0.412. The molecule has 2 heterocycles. The van der Waals surface area contributed by atoms with Crippen LogP contribution in [0.4, 0.5) is 0 Å². The van der Waals surface area contributed by atoms with Crippen LogP contribution >= 0.6 is 0 Å². The van der Waals surface area contributed by atoms with Crippen LogP contribution < -0.4 is 14.8 Å². The normalized spacial score (nSPS) is 28.3. The number of aliphatic carboxylic acids is 1. The highest BCUT2D eigenvalue weighted by Gasteiger charge is 2.61. The topological polar surface area (TPSA) is 118 Å². The molecule has 224 valence electrons. The van der Waals surface area contributed by atoms with Gasteiger partial charge in [-0.25, -0.2) is 9.78 Å². The Kier molecular flexibility index (Phi) is 7.81. The second-order valence-electron chi connectivity index (χ2n) is 11.9. The number of hydrogen-bond acceptors (Lipinski definition) is 6. The molecular weight excluding hydrogens is 546 g/mol. The average molecular weight is 584 g/mol. The Hall–Kier alpha value is -4.40. The molecule has 2 aliphatic carbocycles. The molecule has 9 heteroatoms. The van der Waals surface area contributed by atoms with E-state index < -0.39 is 35.4 Å². The summed E-state index contributed by atoms with van der Waals surface area (Å²) in [6.07, 6.45) is 7.03. The molecule has 3 aliphatic rings. The lowest BCUT2D eigenvalue weighted by Crippen LogP contribution is -2.49. The summed E-state index contributed by atoms with van der Waals surface area (Å²) >= 11 is 0. The van der Waals surface area contributed by atoms with Crippen molar-refractivity contribution in [1.29, 1.82) is 0 Å². The summed E-state index contributed by atoms with van der Waals surface area (Å²) in [5.41, 5.74) is 1.05. The maximum absolute atomic E-state index is 13.7. The van der Waals surface area contributed by atoms with Crippen LogP contribution in [0.5, 0.6) is 11.5 Å². The highest BCUT2D eigenvalue weighted by molar-refractivity contribution is 5.94. The standard InChI is InChI=1S/C34H37N3O6/c1-37-15-9-4-3-8-12-22-20-34(22,33(40)41)36-31(38)26-16-24(17-27(26)32(37)39)43-30-19-28(21-10-6-5-7-11-21)35-29-18-23(42-2)13-14-25(29)30/h5-8,10-14,18-19,22,24,26-27H,3-4,9,15-17,20H2,1-2H3,(H,36,38)(H,40,41)/b12-8+/t22-,24-,26-,27-,34-/m1/s1. The number of allylic oxidation sites excluding steroid dienone is 1. The van der Waals surface area contributed by atoms with Crippen LogP contribution in [0.15, 0.2) is 66.7 Å². The highest BCUT2D eigenvalue weighted by atomic mass is 16.5. The fourth-order valence-electron chi connectivity index (χ4n) is 6.53. The van der Waals surface area contributed by atoms with Crippen molar-refractivity contribution in [2.24, 2.45) is 17.8 Å². The Morgan fingerprint density at radius 2 is 1.86 bits per heavy atom. The van der Waals surface area contributed by atoms with E-state index in [0.717, 1.165) is 35.9 Å². The number of ether oxygens (including phenoxy) is 2. The third-order valence-corrected chi connectivity index (χ3v) is 9.12. The lowest BCUT2D eigenvalue weighted by Gasteiger charge is -2.26. The number of rotatable bonds is 5. The molecule has 6 rings (SSSR count). The van der Waals surface area contributed by atoms with E-state index in [1.54, 1.807) is 19.1 Å². The van der Waals surface area contributed by atoms with Crippen molar-refractivity contribution in [3.63, 3.8) is 0 Å². The first-order valence-corrected chi connectivity index (χ1v) is 15.0. The number of nitrogens with one attached hydrogen (secondary N) is 1. The molecule has 1 aliphatic heterocycles. The Balaban J connectivity index is 1.32. The second kappa shape index (κ2) is 11.7. The lowest BCUT2D eigenvalue weighted by molar-refractivity contribution is -0.145. The minimum absolute atomic E-state index is 0.107. The van der Waals surface area contributed by atoms with Gasteiger partial charge in [-0.1, -0.05) is 42.5 Å². The molecule has 1 aromatic heterocycles. The molecule has 0 spiro atoms. The van der Waals surface area contributed by atoms with Crippen molar-refractivity contribution in [3.05, 3.63) is 66.7 Å². The van der Waals surface area contributed by atoms with Crippen LogP contribution in [-0.4, -0.2) is 65.1 Å². The monoisotopic (exact) mass is 583 g/mol. The van der Waals surface area contributed by atoms with Gasteiger partial charge in [0, 0.05) is 42.6 Å². The van der Waals surface area contributed by atoms with E-state index >= 15 is 0 Å². The number of benzene rings is 2. The first-order valence-electron chi connectivity index (χ1n) is 15.0. The van der Waals surface area contributed by atoms with Gasteiger partial charge in [0.05, 0.1) is 30.2 Å². The van der Waals surface area contributed by atoms with Gasteiger partial charge in [0.25, 0.3) is 0 Å². The van der Waals surface area contributed by atoms with Crippen LogP contribution in [-0.2, 0) is 14.4 Å². The number of nitrogens with zero attached hydrogens (tertiary/aromatic N) is 2. The number of carbonyl (C=O) groups is 3. The molecule has 43 heavy (non-hydrogen) atoms. The maximum atomic E-state index is 13.7. The Labute approximate surface area is 250 Å². The predicted octanol–water partition coefficient (Wildman–Crippen LogP) is 4.84. The van der Waals surface area contributed by atoms with Gasteiger partial charge in [0.15, 0.2) is 0 Å². The summed E-state index contributed by atoms with van der Waals surface area (Å²) < 4.78 is 12.1. The van der Waals surface area contributed by atoms with E-state index in [9.17, 15) is 19.5 Å². The van der Waals surface area contributed by atoms with Gasteiger partial charge in [0.1, 0.15) is 23.1 Å². The van der Waals surface area contributed by atoms with Crippen molar-refractivity contribution >= 4 is 28.7 Å². The number of carbonyl (C=O) groups excluding carboxylic acids is 2. The van der Waals surface area contributed by atoms with Gasteiger partial charge in [-0.2, -0.15) is 0 Å². The molecule has 0 bridgehead atoms. The van der Waals surface area contributed by atoms with Gasteiger partial charge in [0.2, 0.25) is 11.8 Å². The molecule has 0 radical (unpaired) electrons. The number of amides is 2. The van der Waals surface area contributed by atoms with Gasteiger partial charge in [-0.15, -0.1) is 0 Å². The smallest absolute Gasteiger partial charge is 0.330 e. The number of pyridine rings is 1. The Morgan fingerprint density at radius 3 is 2.63 bits per heavy atom. The summed E-state index contributed by atoms with van der Waals surface area (Å²) in [5, 5.41) is 13.7. The molecule has 0 saturated heterocycles. The number of fused-ring (bicyclic) bond motifs is 3. The fourth-order valence-corrected chi connectivity index (χ4v) is 6.53. The number of carboxylic acid groups (broad SMARTS) is 1. The van der Waals surface area contributed by atoms with Crippen LogP contribution in [0.25, 0.3) is 22.2 Å². The summed E-state index contributed by atoms with van der Waals surface area (Å²) in [7, 11) is 3.38. The Morgan fingerprint density at radius 1 is 1.07 bits per heavy atom. The maximum Gasteiger partial charge on any atom is 0.330 e. The van der Waals surface area contributed by atoms with E-state index in [0.29, 0.717) is 42.8 Å². The van der Waals surface area contributed by atoms with Gasteiger partial charge in [-0.3, -0.25) is 9.59 Å². The molecule has 2 aromatic carbocycles. The predicted molar refractivity (Wildman–Crippen MR) is 162 cm³/mol. The number of methoxy groups -OCH3 is 1. The molecule has 2 N–H and O–H groups in total. The minimum atomic E-state index is -1.32. The molecular formula is C34H37N3O6. The van der Waals surface area contributed by atoms with E-state index in [2.05, 4.69) is 5.32 Å². The number of aromatic nitrogens is 1. The molecule has 2 fully saturated rings. The zero-order chi connectivity index (χ0) is 30.1. The number of carboxylic acids is 1. The lowest BCUT2D eigenvalue weighted by atomic mass is 9.93. The largest absolute Gasteiger partial charge is 0.497 e. The molecule has 9 nitrogen and oxygen atoms in total. The van der Waals surface area contributed by atoms with Gasteiger partial charge < -0.3 is 24.8 Å². The molecule has 2 amide bonds. The summed E-state index contributed by atoms with van der Waals surface area (Å²) in [5.74, 6) is -1.83. The van der Waals surface area contributed by atoms with Crippen LogP contribution in [0.3, 0.4) is 0 Å². The second-order valence-corrected chi connectivity index (χ2v) is 11.9. The van der Waals surface area contributed by atoms with Crippen LogP contribution in [0, 0.1) is 17.8 Å². The first kappa shape index (κ1) is 28.7. The van der Waals surface area contributed by atoms with Crippen molar-refractivity contribution < 1.29 is 29.0 Å². The van der Waals surface area contributed by atoms with Crippen LogP contribution in [0.2, 0.25) is 0 Å². The third-order valence-electron chi connectivity index (χ3n) is 9.12. The molecule has 2 saturated carbocycles. The SMILES string of the molecule is COc1ccc2c(O[C@@H]3C[C@H]4C(=O)N[C@]5(C(=O)O)C[C@H]5/C=C/CCCCN(C)C(=O)[C@@H]4C3)cc(-c3ccccc3)nc2c1. The van der Waals surface area contributed by atoms with Crippen molar-refractivity contribution in [1.82, 2.24) is 15.2 Å².